The largest absolute Gasteiger partial charge is 0.379 e. The average Bonchev–Trinajstić information content (AvgIpc) is 2.01. The van der Waals surface area contributed by atoms with E-state index >= 15 is 0 Å². The van der Waals surface area contributed by atoms with Gasteiger partial charge in [-0.15, -0.1) is 0 Å². The van der Waals surface area contributed by atoms with Crippen LogP contribution in [0.4, 0.5) is 0 Å². The Labute approximate surface area is 93.2 Å². The first-order valence-corrected chi connectivity index (χ1v) is 10.6. The highest BCUT2D eigenvalue weighted by atomic mass is 31.2. The quantitative estimate of drug-likeness (QED) is 0.673. The van der Waals surface area contributed by atoms with Gasteiger partial charge in [0.15, 0.2) is 0 Å². The third kappa shape index (κ3) is 10.7. The Bertz CT molecular complexity index is 254. The number of rotatable bonds is 1. The first-order chi connectivity index (χ1) is 6.61. The number of nitrogens with zero attached hydrogens (tertiary/aromatic N) is 1. The predicted molar refractivity (Wildman–Crippen MR) is 67.2 cm³/mol. The molecule has 1 heterocycles. The smallest absolute Gasteiger partial charge is 0.144 e. The van der Waals surface area contributed by atoms with Crippen molar-refractivity contribution in [3.05, 3.63) is 0 Å². The van der Waals surface area contributed by atoms with Crippen LogP contribution in [0.5, 0.6) is 0 Å². The van der Waals surface area contributed by atoms with Crippen LogP contribution >= 0.6 is 14.4 Å². The molecule has 0 N–H and O–H groups in total. The van der Waals surface area contributed by atoms with Crippen molar-refractivity contribution in [2.75, 3.05) is 59.6 Å². The Morgan fingerprint density at radius 1 is 0.933 bits per heavy atom. The zero-order chi connectivity index (χ0) is 12.1. The van der Waals surface area contributed by atoms with E-state index in [4.69, 9.17) is 4.74 Å². The molecule has 0 unspecified atom stereocenters. The minimum Gasteiger partial charge on any atom is -0.379 e. The predicted octanol–water partition coefficient (Wildman–Crippen LogP) is 2.10. The monoisotopic (exact) mass is 255 g/mol. The van der Waals surface area contributed by atoms with Crippen LogP contribution in [0, 0.1) is 0 Å². The zero-order valence-electron chi connectivity index (χ0n) is 10.4. The summed E-state index contributed by atoms with van der Waals surface area (Å²) in [7, 11) is -3.63. The van der Waals surface area contributed by atoms with E-state index in [0.717, 1.165) is 26.3 Å². The molecule has 6 heteroatoms. The number of ether oxygens (including phenoxy) is 1. The summed E-state index contributed by atoms with van der Waals surface area (Å²) in [6.45, 7) is 11.9. The Hall–Kier alpha value is 0.380. The Morgan fingerprint density at radius 3 is 1.47 bits per heavy atom. The van der Waals surface area contributed by atoms with E-state index in [0.29, 0.717) is 0 Å². The Balaban J connectivity index is 0.000000336. The van der Waals surface area contributed by atoms with E-state index in [9.17, 15) is 9.13 Å². The molecular weight excluding hydrogens is 232 g/mol. The fourth-order valence-corrected chi connectivity index (χ4v) is 2.16. The van der Waals surface area contributed by atoms with Crippen LogP contribution in [-0.2, 0) is 13.9 Å². The van der Waals surface area contributed by atoms with Gasteiger partial charge in [0.2, 0.25) is 0 Å². The molecule has 1 saturated heterocycles. The molecule has 1 aliphatic rings. The minimum absolute atomic E-state index is 0.728. The summed E-state index contributed by atoms with van der Waals surface area (Å²) in [5, 5.41) is 0. The van der Waals surface area contributed by atoms with Gasteiger partial charge in [-0.05, 0) is 20.0 Å². The summed E-state index contributed by atoms with van der Waals surface area (Å²) in [6.07, 6.45) is 0. The first kappa shape index (κ1) is 15.4. The molecule has 0 radical (unpaired) electrons. The average molecular weight is 255 g/mol. The van der Waals surface area contributed by atoms with Gasteiger partial charge in [-0.3, -0.25) is 0 Å². The maximum absolute atomic E-state index is 11.4. The van der Waals surface area contributed by atoms with Gasteiger partial charge >= 0.3 is 0 Å². The highest BCUT2D eigenvalue weighted by Crippen LogP contribution is 2.41. The van der Waals surface area contributed by atoms with Crippen molar-refractivity contribution in [2.45, 2.75) is 0 Å². The normalized spacial score (nSPS) is 19.3. The molecule has 0 spiro atoms. The Morgan fingerprint density at radius 2 is 1.27 bits per heavy atom. The van der Waals surface area contributed by atoms with Gasteiger partial charge in [-0.1, -0.05) is 0 Å². The molecule has 15 heavy (non-hydrogen) atoms. The Kier molecular flexibility index (Phi) is 6.36. The second kappa shape index (κ2) is 6.20. The summed E-state index contributed by atoms with van der Waals surface area (Å²) in [5.74, 6) is 0. The number of hydrogen-bond acceptors (Lipinski definition) is 3. The summed E-state index contributed by atoms with van der Waals surface area (Å²) in [4.78, 5) is 0. The van der Waals surface area contributed by atoms with Crippen LogP contribution in [0.15, 0.2) is 0 Å². The fraction of sp³-hybridized carbons (Fsp3) is 1.00. The van der Waals surface area contributed by atoms with Crippen LogP contribution in [0.1, 0.15) is 0 Å². The lowest BCUT2D eigenvalue weighted by atomic mass is 10.5. The van der Waals surface area contributed by atoms with Crippen molar-refractivity contribution < 1.29 is 13.9 Å². The molecule has 92 valence electrons. The molecule has 0 amide bonds. The summed E-state index contributed by atoms with van der Waals surface area (Å²) < 4.78 is 28.8. The maximum atomic E-state index is 11.4. The first-order valence-electron chi connectivity index (χ1n) is 5.01. The fourth-order valence-electron chi connectivity index (χ4n) is 1.04. The van der Waals surface area contributed by atoms with Gasteiger partial charge in [0, 0.05) is 26.4 Å². The van der Waals surface area contributed by atoms with Crippen molar-refractivity contribution in [1.82, 2.24) is 4.67 Å². The molecule has 0 saturated carbocycles. The van der Waals surface area contributed by atoms with E-state index in [-0.39, 0.29) is 0 Å². The molecule has 1 aliphatic heterocycles. The van der Waals surface area contributed by atoms with E-state index < -0.39 is 14.4 Å². The lowest BCUT2D eigenvalue weighted by Crippen LogP contribution is -2.33. The van der Waals surface area contributed by atoms with Crippen LogP contribution in [0.3, 0.4) is 0 Å². The molecule has 0 aromatic heterocycles. The highest BCUT2D eigenvalue weighted by molar-refractivity contribution is 7.61. The van der Waals surface area contributed by atoms with Gasteiger partial charge in [-0.2, -0.15) is 0 Å². The number of hydrogen-bond donors (Lipinski definition) is 0. The topological polar surface area (TPSA) is 46.6 Å². The van der Waals surface area contributed by atoms with Crippen LogP contribution in [0.2, 0.25) is 0 Å². The zero-order valence-corrected chi connectivity index (χ0v) is 12.2. The van der Waals surface area contributed by atoms with Crippen LogP contribution < -0.4 is 0 Å². The van der Waals surface area contributed by atoms with E-state index in [1.54, 1.807) is 33.3 Å². The lowest BCUT2D eigenvalue weighted by molar-refractivity contribution is 0.0726. The summed E-state index contributed by atoms with van der Waals surface area (Å²) >= 11 is 0. The molecule has 0 aromatic rings. The third-order valence-corrected chi connectivity index (χ3v) is 3.43. The van der Waals surface area contributed by atoms with Crippen molar-refractivity contribution >= 4 is 14.4 Å². The van der Waals surface area contributed by atoms with Gasteiger partial charge in [0.25, 0.3) is 0 Å². The lowest BCUT2D eigenvalue weighted by Gasteiger charge is -2.29. The van der Waals surface area contributed by atoms with E-state index in [1.165, 1.54) is 0 Å². The van der Waals surface area contributed by atoms with Gasteiger partial charge < -0.3 is 13.9 Å². The van der Waals surface area contributed by atoms with Crippen molar-refractivity contribution in [3.8, 4) is 0 Å². The van der Waals surface area contributed by atoms with Crippen LogP contribution in [0.25, 0.3) is 0 Å². The molecular formula is C9H23NO3P2. The van der Waals surface area contributed by atoms with Gasteiger partial charge in [0.05, 0.1) is 20.4 Å². The molecule has 0 aliphatic carbocycles. The SMILES string of the molecule is CP(C)(=O)N1CCOCC1.CP(C)(C)=O. The second-order valence-electron chi connectivity index (χ2n) is 4.75. The molecule has 0 atom stereocenters. The minimum atomic E-state index is -1.99. The van der Waals surface area contributed by atoms with Crippen LogP contribution in [-0.4, -0.2) is 64.3 Å². The maximum Gasteiger partial charge on any atom is 0.144 e. The van der Waals surface area contributed by atoms with Crippen molar-refractivity contribution in [2.24, 2.45) is 0 Å². The summed E-state index contributed by atoms with van der Waals surface area (Å²) in [5.41, 5.74) is 0. The van der Waals surface area contributed by atoms with Gasteiger partial charge in [0.1, 0.15) is 7.29 Å². The third-order valence-electron chi connectivity index (χ3n) is 1.67. The van der Waals surface area contributed by atoms with Gasteiger partial charge in [-0.25, -0.2) is 4.67 Å². The molecule has 1 fully saturated rings. The standard InChI is InChI=1S/C6H14NO2P.C3H9OP/c1-10(2,8)7-3-5-9-6-4-7;1-5(2,3)4/h3-6H2,1-2H3;1-3H3. The highest BCUT2D eigenvalue weighted by Gasteiger charge is 2.21. The second-order valence-corrected chi connectivity index (χ2v) is 11.7. The van der Waals surface area contributed by atoms with Crippen molar-refractivity contribution in [1.29, 1.82) is 0 Å². The van der Waals surface area contributed by atoms with E-state index in [1.807, 2.05) is 4.67 Å². The molecule has 0 bridgehead atoms. The van der Waals surface area contributed by atoms with Crippen molar-refractivity contribution in [3.63, 3.8) is 0 Å². The molecule has 4 nitrogen and oxygen atoms in total. The van der Waals surface area contributed by atoms with E-state index in [2.05, 4.69) is 0 Å². The summed E-state index contributed by atoms with van der Waals surface area (Å²) in [6, 6.07) is 0. The molecule has 0 aromatic carbocycles. The number of morpholine rings is 1. The molecule has 1 rings (SSSR count).